The highest BCUT2D eigenvalue weighted by Crippen LogP contribution is 2.19. The molecule has 2 rings (SSSR count). The van der Waals surface area contributed by atoms with Crippen LogP contribution in [0.1, 0.15) is 12.7 Å². The second-order valence-electron chi connectivity index (χ2n) is 5.30. The number of hydrogen-bond donors (Lipinski definition) is 3. The second kappa shape index (κ2) is 7.56. The van der Waals surface area contributed by atoms with Crippen molar-refractivity contribution >= 4 is 17.5 Å². The number of nitrogens with one attached hydrogen (secondary N) is 2. The topological polar surface area (TPSA) is 91.6 Å². The molecule has 0 radical (unpaired) electrons. The number of aliphatic hydroxyl groups is 1. The van der Waals surface area contributed by atoms with Crippen molar-refractivity contribution in [2.45, 2.75) is 12.5 Å². The van der Waals surface area contributed by atoms with Crippen molar-refractivity contribution in [2.24, 2.45) is 0 Å². The van der Waals surface area contributed by atoms with E-state index in [1.54, 1.807) is 12.1 Å². The summed E-state index contributed by atoms with van der Waals surface area (Å²) in [5.74, 6) is -1.17. The van der Waals surface area contributed by atoms with Crippen LogP contribution in [0, 0.1) is 5.82 Å². The van der Waals surface area contributed by atoms with E-state index in [2.05, 4.69) is 10.6 Å². The predicted octanol–water partition coefficient (Wildman–Crippen LogP) is 1.94. The van der Waals surface area contributed by atoms with E-state index < -0.39 is 23.2 Å². The first kappa shape index (κ1) is 17.4. The largest absolute Gasteiger partial charge is 0.466 e. The number of amides is 2. The Morgan fingerprint density at radius 2 is 1.88 bits per heavy atom. The zero-order chi connectivity index (χ0) is 17.6. The van der Waals surface area contributed by atoms with Crippen LogP contribution in [0.15, 0.2) is 59.2 Å². The summed E-state index contributed by atoms with van der Waals surface area (Å²) < 4.78 is 17.8. The minimum atomic E-state index is -1.36. The van der Waals surface area contributed by atoms with E-state index in [-0.39, 0.29) is 6.54 Å². The Balaban J connectivity index is 1.82. The third kappa shape index (κ3) is 5.06. The summed E-state index contributed by atoms with van der Waals surface area (Å²) in [5, 5.41) is 15.1. The lowest BCUT2D eigenvalue weighted by Crippen LogP contribution is -2.37. The van der Waals surface area contributed by atoms with Crippen molar-refractivity contribution in [1.82, 2.24) is 5.32 Å². The second-order valence-corrected chi connectivity index (χ2v) is 5.30. The number of halogens is 1. The van der Waals surface area contributed by atoms with Crippen molar-refractivity contribution in [2.75, 3.05) is 11.9 Å². The molecule has 1 aromatic heterocycles. The molecule has 2 aromatic rings. The summed E-state index contributed by atoms with van der Waals surface area (Å²) in [6.45, 7) is 1.42. The highest BCUT2D eigenvalue weighted by atomic mass is 19.1. The van der Waals surface area contributed by atoms with E-state index in [9.17, 15) is 19.1 Å². The molecular formula is C17H17FN2O4. The molecule has 0 spiro atoms. The van der Waals surface area contributed by atoms with Gasteiger partial charge < -0.3 is 20.2 Å². The maximum absolute atomic E-state index is 12.8. The van der Waals surface area contributed by atoms with Crippen LogP contribution < -0.4 is 10.6 Å². The number of furan rings is 1. The summed E-state index contributed by atoms with van der Waals surface area (Å²) in [5.41, 5.74) is -0.948. The van der Waals surface area contributed by atoms with E-state index in [0.29, 0.717) is 11.4 Å². The van der Waals surface area contributed by atoms with Crippen LogP contribution in [0.2, 0.25) is 0 Å². The molecule has 1 unspecified atom stereocenters. The zero-order valence-electron chi connectivity index (χ0n) is 13.0. The van der Waals surface area contributed by atoms with Gasteiger partial charge in [-0.1, -0.05) is 0 Å². The average Bonchev–Trinajstić information content (AvgIpc) is 3.09. The van der Waals surface area contributed by atoms with Crippen molar-refractivity contribution in [1.29, 1.82) is 0 Å². The van der Waals surface area contributed by atoms with Crippen LogP contribution in [-0.2, 0) is 15.2 Å². The standard InChI is InChI=1S/C17H17FN2O4/c1-17(23,14-3-2-10-24-14)11-19-15(21)8-9-16(22)20-13-6-4-12(18)5-7-13/h2-10,23H,11H2,1H3,(H,19,21)(H,20,22)/b9-8+. The number of carbonyl (C=O) groups is 2. The van der Waals surface area contributed by atoms with Crippen LogP contribution in [0.4, 0.5) is 10.1 Å². The Morgan fingerprint density at radius 3 is 2.50 bits per heavy atom. The molecule has 0 bridgehead atoms. The van der Waals surface area contributed by atoms with E-state index in [0.717, 1.165) is 12.2 Å². The molecule has 24 heavy (non-hydrogen) atoms. The number of rotatable bonds is 6. The maximum atomic E-state index is 12.8. The van der Waals surface area contributed by atoms with Gasteiger partial charge in [-0.05, 0) is 43.3 Å². The van der Waals surface area contributed by atoms with Crippen molar-refractivity contribution in [3.8, 4) is 0 Å². The number of benzene rings is 1. The molecule has 1 atom stereocenters. The van der Waals surface area contributed by atoms with Crippen molar-refractivity contribution < 1.29 is 23.5 Å². The van der Waals surface area contributed by atoms with Gasteiger partial charge in [0.15, 0.2) is 0 Å². The maximum Gasteiger partial charge on any atom is 0.248 e. The third-order valence-corrected chi connectivity index (χ3v) is 3.16. The average molecular weight is 332 g/mol. The fraction of sp³-hybridized carbons (Fsp3) is 0.176. The lowest BCUT2D eigenvalue weighted by atomic mass is 10.0. The molecule has 0 aliphatic carbocycles. The van der Waals surface area contributed by atoms with Crippen molar-refractivity contribution in [3.63, 3.8) is 0 Å². The lowest BCUT2D eigenvalue weighted by Gasteiger charge is -2.20. The minimum absolute atomic E-state index is 0.0801. The molecule has 1 aromatic carbocycles. The first-order valence-electron chi connectivity index (χ1n) is 7.16. The smallest absolute Gasteiger partial charge is 0.248 e. The zero-order valence-corrected chi connectivity index (χ0v) is 13.0. The van der Waals surface area contributed by atoms with Gasteiger partial charge in [0.25, 0.3) is 0 Å². The number of anilines is 1. The first-order chi connectivity index (χ1) is 11.4. The van der Waals surface area contributed by atoms with Gasteiger partial charge in [0.1, 0.15) is 17.2 Å². The summed E-state index contributed by atoms with van der Waals surface area (Å²) in [6, 6.07) is 8.46. The molecule has 0 saturated heterocycles. The van der Waals surface area contributed by atoms with Gasteiger partial charge in [0.2, 0.25) is 11.8 Å². The molecular weight excluding hydrogens is 315 g/mol. The summed E-state index contributed by atoms with van der Waals surface area (Å²) >= 11 is 0. The molecule has 0 fully saturated rings. The van der Waals surface area contributed by atoms with E-state index >= 15 is 0 Å². The Bertz CT molecular complexity index is 722. The van der Waals surface area contributed by atoms with Crippen LogP contribution in [0.3, 0.4) is 0 Å². The Kier molecular flexibility index (Phi) is 5.49. The summed E-state index contributed by atoms with van der Waals surface area (Å²) in [4.78, 5) is 23.3. The molecule has 6 nitrogen and oxygen atoms in total. The number of hydrogen-bond acceptors (Lipinski definition) is 4. The van der Waals surface area contributed by atoms with Crippen LogP contribution in [-0.4, -0.2) is 23.5 Å². The van der Waals surface area contributed by atoms with Gasteiger partial charge in [0, 0.05) is 17.8 Å². The van der Waals surface area contributed by atoms with E-state index in [4.69, 9.17) is 4.42 Å². The summed E-state index contributed by atoms with van der Waals surface area (Å²) in [6.07, 6.45) is 3.50. The molecule has 2 amide bonds. The number of carbonyl (C=O) groups excluding carboxylic acids is 2. The Labute approximate surface area is 138 Å². The SMILES string of the molecule is CC(O)(CNC(=O)/C=C/C(=O)Nc1ccc(F)cc1)c1ccco1. The molecule has 0 aliphatic rings. The van der Waals surface area contributed by atoms with Crippen LogP contribution in [0.25, 0.3) is 0 Å². The monoisotopic (exact) mass is 332 g/mol. The van der Waals surface area contributed by atoms with Gasteiger partial charge >= 0.3 is 0 Å². The van der Waals surface area contributed by atoms with Gasteiger partial charge in [-0.25, -0.2) is 4.39 Å². The third-order valence-electron chi connectivity index (χ3n) is 3.16. The van der Waals surface area contributed by atoms with Gasteiger partial charge in [-0.15, -0.1) is 0 Å². The molecule has 1 heterocycles. The Hall–Kier alpha value is -2.93. The summed E-state index contributed by atoms with van der Waals surface area (Å²) in [7, 11) is 0. The fourth-order valence-electron chi connectivity index (χ4n) is 1.86. The van der Waals surface area contributed by atoms with E-state index in [1.165, 1.54) is 37.5 Å². The molecule has 3 N–H and O–H groups in total. The Morgan fingerprint density at radius 1 is 1.21 bits per heavy atom. The molecule has 126 valence electrons. The normalized spacial score (nSPS) is 13.5. The van der Waals surface area contributed by atoms with E-state index in [1.807, 2.05) is 0 Å². The first-order valence-corrected chi connectivity index (χ1v) is 7.16. The lowest BCUT2D eigenvalue weighted by molar-refractivity contribution is -0.118. The highest BCUT2D eigenvalue weighted by Gasteiger charge is 2.26. The van der Waals surface area contributed by atoms with Crippen LogP contribution >= 0.6 is 0 Å². The predicted molar refractivity (Wildman–Crippen MR) is 85.5 cm³/mol. The molecule has 0 aliphatic heterocycles. The van der Waals surface area contributed by atoms with Gasteiger partial charge in [-0.2, -0.15) is 0 Å². The fourth-order valence-corrected chi connectivity index (χ4v) is 1.86. The minimum Gasteiger partial charge on any atom is -0.466 e. The van der Waals surface area contributed by atoms with Gasteiger partial charge in [0.05, 0.1) is 12.8 Å². The highest BCUT2D eigenvalue weighted by molar-refractivity contribution is 6.03. The molecule has 7 heteroatoms. The van der Waals surface area contributed by atoms with Crippen LogP contribution in [0.5, 0.6) is 0 Å². The van der Waals surface area contributed by atoms with Gasteiger partial charge in [-0.3, -0.25) is 9.59 Å². The molecule has 0 saturated carbocycles. The quantitative estimate of drug-likeness (QED) is 0.705. The van der Waals surface area contributed by atoms with Crippen molar-refractivity contribution in [3.05, 3.63) is 66.4 Å².